The van der Waals surface area contributed by atoms with Gasteiger partial charge in [0.1, 0.15) is 5.60 Å². The highest BCUT2D eigenvalue weighted by Crippen LogP contribution is 2.58. The molecule has 228 valence electrons. The number of carbonyl (C=O) groups is 2. The minimum Gasteiger partial charge on any atom is -0.478 e. The molecule has 2 aliphatic rings. The first-order valence-electron chi connectivity index (χ1n) is 14.3. The molecule has 6 rings (SSSR count). The van der Waals surface area contributed by atoms with Crippen molar-refractivity contribution in [1.82, 2.24) is 4.90 Å². The van der Waals surface area contributed by atoms with Crippen molar-refractivity contribution in [2.24, 2.45) is 5.41 Å². The van der Waals surface area contributed by atoms with Gasteiger partial charge in [-0.2, -0.15) is 13.2 Å². The number of alkyl halides is 3. The van der Waals surface area contributed by atoms with Gasteiger partial charge < -0.3 is 19.8 Å². The van der Waals surface area contributed by atoms with Crippen molar-refractivity contribution in [2.75, 3.05) is 13.1 Å². The van der Waals surface area contributed by atoms with Crippen molar-refractivity contribution < 1.29 is 37.7 Å². The van der Waals surface area contributed by atoms with Gasteiger partial charge in [0, 0.05) is 18.5 Å². The van der Waals surface area contributed by atoms with Crippen LogP contribution in [0.4, 0.5) is 18.0 Å². The quantitative estimate of drug-likeness (QED) is 0.246. The van der Waals surface area contributed by atoms with Crippen molar-refractivity contribution in [3.05, 3.63) is 95.6 Å². The second-order valence-corrected chi connectivity index (χ2v) is 13.1. The zero-order chi connectivity index (χ0) is 31.7. The van der Waals surface area contributed by atoms with Crippen molar-refractivity contribution in [2.45, 2.75) is 51.0 Å². The van der Waals surface area contributed by atoms with E-state index in [1.165, 1.54) is 12.1 Å². The fourth-order valence-electron chi connectivity index (χ4n) is 6.56. The summed E-state index contributed by atoms with van der Waals surface area (Å²) >= 11 is 0. The monoisotopic (exact) mass is 603 g/mol. The van der Waals surface area contributed by atoms with Gasteiger partial charge in [0.15, 0.2) is 0 Å². The van der Waals surface area contributed by atoms with Crippen LogP contribution >= 0.6 is 0 Å². The summed E-state index contributed by atoms with van der Waals surface area (Å²) in [7, 11) is 0. The number of aliphatic hydroxyl groups is 1. The Morgan fingerprint density at radius 3 is 1.98 bits per heavy atom. The third-order valence-electron chi connectivity index (χ3n) is 8.52. The van der Waals surface area contributed by atoms with Crippen LogP contribution in [0.1, 0.15) is 55.1 Å². The standard InChI is InChI=1S/C35H32F3NO5/c1-32(2,3)44-31(42)39-19-33(20-39)17-34(43,18-33)26-9-6-22(7-10-26)29-16-25(30(40)41)15-24-14-23(8-13-28(24)29)21-4-11-27(12-5-21)35(36,37)38/h4-16,43H,17-20H2,1-3H3,(H,40,41). The van der Waals surface area contributed by atoms with Crippen LogP contribution in [-0.4, -0.2) is 45.9 Å². The van der Waals surface area contributed by atoms with E-state index in [9.17, 15) is 33.0 Å². The van der Waals surface area contributed by atoms with E-state index in [1.54, 1.807) is 29.2 Å². The normalized spacial score (nSPS) is 17.2. The molecule has 6 nitrogen and oxygen atoms in total. The van der Waals surface area contributed by atoms with Crippen molar-refractivity contribution >= 4 is 22.8 Å². The van der Waals surface area contributed by atoms with Gasteiger partial charge in [0.2, 0.25) is 0 Å². The van der Waals surface area contributed by atoms with E-state index in [4.69, 9.17) is 4.74 Å². The maximum Gasteiger partial charge on any atom is 0.416 e. The number of halogens is 3. The zero-order valence-electron chi connectivity index (χ0n) is 24.5. The third-order valence-corrected chi connectivity index (χ3v) is 8.52. The molecule has 44 heavy (non-hydrogen) atoms. The highest BCUT2D eigenvalue weighted by Gasteiger charge is 2.61. The van der Waals surface area contributed by atoms with Gasteiger partial charge in [-0.3, -0.25) is 0 Å². The molecule has 2 fully saturated rings. The van der Waals surface area contributed by atoms with Gasteiger partial charge in [0.05, 0.1) is 16.7 Å². The maximum absolute atomic E-state index is 13.0. The van der Waals surface area contributed by atoms with Crippen molar-refractivity contribution in [3.8, 4) is 22.3 Å². The first-order valence-corrected chi connectivity index (χ1v) is 14.3. The Balaban J connectivity index is 1.23. The van der Waals surface area contributed by atoms with Gasteiger partial charge in [-0.05, 0) is 103 Å². The number of carboxylic acids is 1. The summed E-state index contributed by atoms with van der Waals surface area (Å²) < 4.78 is 44.5. The molecule has 1 spiro atoms. The maximum atomic E-state index is 13.0. The average Bonchev–Trinajstić information content (AvgIpc) is 2.92. The largest absolute Gasteiger partial charge is 0.478 e. The lowest BCUT2D eigenvalue weighted by atomic mass is 9.53. The van der Waals surface area contributed by atoms with E-state index in [1.807, 2.05) is 51.1 Å². The van der Waals surface area contributed by atoms with E-state index in [0.717, 1.165) is 28.6 Å². The summed E-state index contributed by atoms with van der Waals surface area (Å²) in [5.74, 6) is -1.10. The van der Waals surface area contributed by atoms with E-state index in [-0.39, 0.29) is 17.1 Å². The first-order chi connectivity index (χ1) is 20.5. The Morgan fingerprint density at radius 1 is 0.818 bits per heavy atom. The van der Waals surface area contributed by atoms with Gasteiger partial charge in [0.25, 0.3) is 0 Å². The second kappa shape index (κ2) is 10.1. The molecule has 1 aliphatic heterocycles. The van der Waals surface area contributed by atoms with Crippen molar-refractivity contribution in [3.63, 3.8) is 0 Å². The molecule has 1 saturated heterocycles. The number of carboxylic acid groups (broad SMARTS) is 1. The van der Waals surface area contributed by atoms with Crippen LogP contribution < -0.4 is 0 Å². The molecule has 0 aromatic heterocycles. The number of amides is 1. The summed E-state index contributed by atoms with van der Waals surface area (Å²) in [6.07, 6.45) is -3.71. The summed E-state index contributed by atoms with van der Waals surface area (Å²) in [4.78, 5) is 26.0. The van der Waals surface area contributed by atoms with Gasteiger partial charge in [-0.15, -0.1) is 0 Å². The van der Waals surface area contributed by atoms with E-state index in [0.29, 0.717) is 48.0 Å². The Bertz CT molecular complexity index is 1760. The van der Waals surface area contributed by atoms with E-state index < -0.39 is 28.9 Å². The highest BCUT2D eigenvalue weighted by molar-refractivity contribution is 6.04. The van der Waals surface area contributed by atoms with E-state index >= 15 is 0 Å². The number of benzene rings is 4. The molecule has 4 aromatic rings. The average molecular weight is 604 g/mol. The van der Waals surface area contributed by atoms with Gasteiger partial charge in [-0.1, -0.05) is 48.5 Å². The molecule has 0 radical (unpaired) electrons. The zero-order valence-corrected chi connectivity index (χ0v) is 24.5. The third kappa shape index (κ3) is 5.52. The number of aromatic carboxylic acids is 1. The van der Waals surface area contributed by atoms with Crippen molar-refractivity contribution in [1.29, 1.82) is 0 Å². The minimum atomic E-state index is -4.43. The molecule has 4 aromatic carbocycles. The molecule has 1 amide bonds. The molecule has 1 heterocycles. The predicted molar refractivity (Wildman–Crippen MR) is 160 cm³/mol. The SMILES string of the molecule is CC(C)(C)OC(=O)N1CC2(C1)CC(O)(c1ccc(-c3cc(C(=O)O)cc4cc(-c5ccc(C(F)(F)F)cc5)ccc34)cc1)C2. The number of rotatable bonds is 4. The lowest BCUT2D eigenvalue weighted by molar-refractivity contribution is -0.190. The lowest BCUT2D eigenvalue weighted by Gasteiger charge is -2.62. The van der Waals surface area contributed by atoms with Crippen LogP contribution in [0.2, 0.25) is 0 Å². The second-order valence-electron chi connectivity index (χ2n) is 13.1. The molecule has 0 atom stereocenters. The molecule has 1 saturated carbocycles. The summed E-state index contributed by atoms with van der Waals surface area (Å²) in [6, 6.07) is 20.8. The topological polar surface area (TPSA) is 87.1 Å². The fraction of sp³-hybridized carbons (Fsp3) is 0.314. The number of fused-ring (bicyclic) bond motifs is 1. The summed E-state index contributed by atoms with van der Waals surface area (Å²) in [6.45, 7) is 6.57. The number of ether oxygens (including phenoxy) is 1. The highest BCUT2D eigenvalue weighted by atomic mass is 19.4. The first kappa shape index (κ1) is 29.7. The van der Waals surface area contributed by atoms with Crippen LogP contribution in [0.3, 0.4) is 0 Å². The minimum absolute atomic E-state index is 0.0835. The number of hydrogen-bond donors (Lipinski definition) is 2. The fourth-order valence-corrected chi connectivity index (χ4v) is 6.56. The summed E-state index contributed by atoms with van der Waals surface area (Å²) in [5, 5.41) is 22.6. The number of nitrogens with zero attached hydrogens (tertiary/aromatic N) is 1. The van der Waals surface area contributed by atoms with Crippen LogP contribution in [0.5, 0.6) is 0 Å². The Labute approximate surface area is 252 Å². The Hall–Kier alpha value is -4.37. The Kier molecular flexibility index (Phi) is 6.81. The molecule has 2 N–H and O–H groups in total. The van der Waals surface area contributed by atoms with Crippen LogP contribution in [0, 0.1) is 5.41 Å². The Morgan fingerprint density at radius 2 is 1.41 bits per heavy atom. The molecule has 9 heteroatoms. The molecule has 1 aliphatic carbocycles. The van der Waals surface area contributed by atoms with Gasteiger partial charge in [-0.25, -0.2) is 9.59 Å². The molecule has 0 bridgehead atoms. The van der Waals surface area contributed by atoms with Crippen LogP contribution in [-0.2, 0) is 16.5 Å². The predicted octanol–water partition coefficient (Wildman–Crippen LogP) is 8.11. The molecular weight excluding hydrogens is 571 g/mol. The smallest absolute Gasteiger partial charge is 0.416 e. The number of carbonyl (C=O) groups excluding carboxylic acids is 1. The molecular formula is C35H32F3NO5. The van der Waals surface area contributed by atoms with Crippen LogP contribution in [0.15, 0.2) is 78.9 Å². The lowest BCUT2D eigenvalue weighted by Crippen LogP contribution is -2.68. The number of likely N-dealkylation sites (tertiary alicyclic amines) is 1. The summed E-state index contributed by atoms with van der Waals surface area (Å²) in [5.41, 5.74) is 1.10. The number of hydrogen-bond acceptors (Lipinski definition) is 4. The van der Waals surface area contributed by atoms with E-state index in [2.05, 4.69) is 0 Å². The van der Waals surface area contributed by atoms with Crippen LogP contribution in [0.25, 0.3) is 33.0 Å². The van der Waals surface area contributed by atoms with Gasteiger partial charge >= 0.3 is 18.2 Å². The molecule has 0 unspecified atom stereocenters.